The molecule has 0 bridgehead atoms. The van der Waals surface area contributed by atoms with Crippen molar-refractivity contribution in [3.63, 3.8) is 0 Å². The van der Waals surface area contributed by atoms with E-state index in [-0.39, 0.29) is 0 Å². The van der Waals surface area contributed by atoms with E-state index in [1.807, 2.05) is 21.6 Å². The highest BCUT2D eigenvalue weighted by molar-refractivity contribution is 5.70. The summed E-state index contributed by atoms with van der Waals surface area (Å²) in [4.78, 5) is 4.72. The predicted molar refractivity (Wildman–Crippen MR) is 79.1 cm³/mol. The Bertz CT molecular complexity index is 667. The normalized spacial score (nSPS) is 14.7. The smallest absolute Gasteiger partial charge is 0.132 e. The molecule has 0 unspecified atom stereocenters. The minimum Gasteiger partial charge on any atom is -0.383 e. The fraction of sp³-hybridized carbons (Fsp3) is 0.467. The van der Waals surface area contributed by atoms with Crippen molar-refractivity contribution in [2.24, 2.45) is 0 Å². The van der Waals surface area contributed by atoms with Crippen molar-refractivity contribution in [2.45, 2.75) is 45.2 Å². The Kier molecular flexibility index (Phi) is 3.01. The molecular formula is C15H19N5. The molecule has 1 aliphatic rings. The molecule has 0 aliphatic heterocycles. The Labute approximate surface area is 118 Å². The number of anilines is 1. The second-order valence-electron chi connectivity index (χ2n) is 5.57. The summed E-state index contributed by atoms with van der Waals surface area (Å²) in [6.07, 6.45) is 11.6. The molecule has 1 aliphatic carbocycles. The number of aromatic nitrogens is 4. The van der Waals surface area contributed by atoms with Gasteiger partial charge in [0, 0.05) is 23.7 Å². The molecule has 0 spiro atoms. The summed E-state index contributed by atoms with van der Waals surface area (Å²) in [6, 6.07) is 0.320. The van der Waals surface area contributed by atoms with Crippen LogP contribution in [0, 0.1) is 12.3 Å². The van der Waals surface area contributed by atoms with E-state index in [1.165, 1.54) is 12.8 Å². The number of hydrogen-bond donors (Lipinski definition) is 1. The van der Waals surface area contributed by atoms with Gasteiger partial charge >= 0.3 is 0 Å². The van der Waals surface area contributed by atoms with E-state index in [2.05, 4.69) is 24.9 Å². The maximum atomic E-state index is 6.24. The quantitative estimate of drug-likeness (QED) is 0.867. The lowest BCUT2D eigenvalue weighted by Gasteiger charge is -2.04. The molecule has 0 radical (unpaired) electrons. The zero-order chi connectivity index (χ0) is 14.3. The van der Waals surface area contributed by atoms with Gasteiger partial charge in [0.05, 0.1) is 12.7 Å². The summed E-state index contributed by atoms with van der Waals surface area (Å²) >= 11 is 0. The van der Waals surface area contributed by atoms with Gasteiger partial charge in [0.25, 0.3) is 0 Å². The second kappa shape index (κ2) is 4.71. The third-order valence-corrected chi connectivity index (χ3v) is 3.63. The van der Waals surface area contributed by atoms with Crippen LogP contribution in [0.15, 0.2) is 12.4 Å². The van der Waals surface area contributed by atoms with Crippen LogP contribution in [0.3, 0.4) is 0 Å². The van der Waals surface area contributed by atoms with Crippen molar-refractivity contribution in [1.29, 1.82) is 0 Å². The minimum atomic E-state index is 0.320. The number of nitrogen functional groups attached to an aromatic ring is 1. The SMILES string of the molecule is C#CCn1c(C2CC2)nc(-c2cnn(C(C)C)c2)c1N. The summed E-state index contributed by atoms with van der Waals surface area (Å²) in [5.41, 5.74) is 7.99. The van der Waals surface area contributed by atoms with E-state index < -0.39 is 0 Å². The van der Waals surface area contributed by atoms with Gasteiger partial charge < -0.3 is 10.3 Å². The molecule has 2 aromatic rings. The lowest BCUT2D eigenvalue weighted by atomic mass is 10.2. The molecule has 0 amide bonds. The third-order valence-electron chi connectivity index (χ3n) is 3.63. The first-order chi connectivity index (χ1) is 9.61. The molecule has 2 N–H and O–H groups in total. The van der Waals surface area contributed by atoms with Gasteiger partial charge in [-0.15, -0.1) is 6.42 Å². The Hall–Kier alpha value is -2.22. The van der Waals surface area contributed by atoms with Crippen LogP contribution in [-0.4, -0.2) is 19.3 Å². The van der Waals surface area contributed by atoms with E-state index >= 15 is 0 Å². The van der Waals surface area contributed by atoms with Crippen LogP contribution >= 0.6 is 0 Å². The number of rotatable bonds is 4. The van der Waals surface area contributed by atoms with Gasteiger partial charge in [-0.25, -0.2) is 4.98 Å². The topological polar surface area (TPSA) is 61.7 Å². The van der Waals surface area contributed by atoms with Crippen molar-refractivity contribution in [3.8, 4) is 23.6 Å². The van der Waals surface area contributed by atoms with Gasteiger partial charge in [-0.05, 0) is 26.7 Å². The van der Waals surface area contributed by atoms with Gasteiger partial charge in [-0.1, -0.05) is 5.92 Å². The molecule has 2 heterocycles. The zero-order valence-corrected chi connectivity index (χ0v) is 11.9. The summed E-state index contributed by atoms with van der Waals surface area (Å²) in [5, 5.41) is 4.35. The monoisotopic (exact) mass is 269 g/mol. The van der Waals surface area contributed by atoms with E-state index in [9.17, 15) is 0 Å². The highest BCUT2D eigenvalue weighted by Crippen LogP contribution is 2.42. The molecule has 2 aromatic heterocycles. The van der Waals surface area contributed by atoms with Gasteiger partial charge in [0.2, 0.25) is 0 Å². The van der Waals surface area contributed by atoms with E-state index in [0.29, 0.717) is 24.3 Å². The first kappa shape index (κ1) is 12.8. The number of nitrogens with two attached hydrogens (primary N) is 1. The van der Waals surface area contributed by atoms with Crippen LogP contribution in [0.2, 0.25) is 0 Å². The average Bonchev–Trinajstić information content (AvgIpc) is 3.04. The highest BCUT2D eigenvalue weighted by atomic mass is 15.3. The van der Waals surface area contributed by atoms with Crippen molar-refractivity contribution in [1.82, 2.24) is 19.3 Å². The van der Waals surface area contributed by atoms with Gasteiger partial charge in [0.15, 0.2) is 0 Å². The number of terminal acetylenes is 1. The second-order valence-corrected chi connectivity index (χ2v) is 5.57. The fourth-order valence-corrected chi connectivity index (χ4v) is 2.35. The number of nitrogens with zero attached hydrogens (tertiary/aromatic N) is 4. The standard InChI is InChI=1S/C15H19N5/c1-4-7-19-14(16)13(18-15(19)11-5-6-11)12-8-17-20(9-12)10(2)3/h1,8-11H,5-7,16H2,2-3H3. The van der Waals surface area contributed by atoms with E-state index in [1.54, 1.807) is 0 Å². The molecule has 1 fully saturated rings. The predicted octanol–water partition coefficient (Wildman–Crippen LogP) is 2.42. The van der Waals surface area contributed by atoms with Crippen LogP contribution in [0.1, 0.15) is 44.5 Å². The molecule has 0 saturated heterocycles. The van der Waals surface area contributed by atoms with Crippen LogP contribution in [-0.2, 0) is 6.54 Å². The van der Waals surface area contributed by atoms with Crippen LogP contribution < -0.4 is 5.73 Å². The van der Waals surface area contributed by atoms with Crippen LogP contribution in [0.4, 0.5) is 5.82 Å². The molecule has 5 heteroatoms. The molecule has 1 saturated carbocycles. The number of imidazole rings is 1. The third kappa shape index (κ3) is 2.07. The van der Waals surface area contributed by atoms with Crippen LogP contribution in [0.25, 0.3) is 11.3 Å². The van der Waals surface area contributed by atoms with Crippen LogP contribution in [0.5, 0.6) is 0 Å². The van der Waals surface area contributed by atoms with Crippen molar-refractivity contribution in [3.05, 3.63) is 18.2 Å². The van der Waals surface area contributed by atoms with E-state index in [0.717, 1.165) is 17.1 Å². The molecule has 0 aromatic carbocycles. The largest absolute Gasteiger partial charge is 0.383 e. The minimum absolute atomic E-state index is 0.320. The van der Waals surface area contributed by atoms with Crippen molar-refractivity contribution in [2.75, 3.05) is 5.73 Å². The summed E-state index contributed by atoms with van der Waals surface area (Å²) in [6.45, 7) is 4.66. The summed E-state index contributed by atoms with van der Waals surface area (Å²) in [5.74, 6) is 4.84. The first-order valence-electron chi connectivity index (χ1n) is 6.95. The average molecular weight is 269 g/mol. The fourth-order valence-electron chi connectivity index (χ4n) is 2.35. The molecule has 5 nitrogen and oxygen atoms in total. The Morgan fingerprint density at radius 2 is 2.25 bits per heavy atom. The highest BCUT2D eigenvalue weighted by Gasteiger charge is 2.31. The number of hydrogen-bond acceptors (Lipinski definition) is 3. The lowest BCUT2D eigenvalue weighted by molar-refractivity contribution is 0.532. The maximum absolute atomic E-state index is 6.24. The maximum Gasteiger partial charge on any atom is 0.132 e. The van der Waals surface area contributed by atoms with Gasteiger partial charge in [-0.2, -0.15) is 5.10 Å². The van der Waals surface area contributed by atoms with Gasteiger partial charge in [0.1, 0.15) is 17.3 Å². The van der Waals surface area contributed by atoms with Crippen molar-refractivity contribution >= 4 is 5.82 Å². The molecule has 3 rings (SSSR count). The molecule has 0 atom stereocenters. The molecule has 20 heavy (non-hydrogen) atoms. The summed E-state index contributed by atoms with van der Waals surface area (Å²) < 4.78 is 3.87. The first-order valence-corrected chi connectivity index (χ1v) is 6.95. The Morgan fingerprint density at radius 3 is 2.80 bits per heavy atom. The van der Waals surface area contributed by atoms with Crippen molar-refractivity contribution < 1.29 is 0 Å². The lowest BCUT2D eigenvalue weighted by Crippen LogP contribution is -2.05. The Morgan fingerprint density at radius 1 is 1.50 bits per heavy atom. The Balaban J connectivity index is 2.04. The molecular weight excluding hydrogens is 250 g/mol. The molecule has 104 valence electrons. The zero-order valence-electron chi connectivity index (χ0n) is 11.9. The van der Waals surface area contributed by atoms with Gasteiger partial charge in [-0.3, -0.25) is 4.68 Å². The summed E-state index contributed by atoms with van der Waals surface area (Å²) in [7, 11) is 0. The van der Waals surface area contributed by atoms with E-state index in [4.69, 9.17) is 17.1 Å².